The van der Waals surface area contributed by atoms with Crippen LogP contribution in [0.15, 0.2) is 11.8 Å². The summed E-state index contributed by atoms with van der Waals surface area (Å²) in [6.45, 7) is 19.2. The van der Waals surface area contributed by atoms with E-state index in [0.29, 0.717) is 0 Å². The van der Waals surface area contributed by atoms with Crippen LogP contribution in [-0.2, 0) is 0 Å². The van der Waals surface area contributed by atoms with Crippen molar-refractivity contribution >= 4 is 9.12 Å². The number of rotatable bonds is 5. The Labute approximate surface area is 126 Å². The molecule has 5 heteroatoms. The lowest BCUT2D eigenvalue weighted by molar-refractivity contribution is 0.162. The van der Waals surface area contributed by atoms with Crippen molar-refractivity contribution < 1.29 is 0 Å². The number of hydrogen-bond donors (Lipinski definition) is 0. The second kappa shape index (κ2) is 8.29. The SMILES string of the molecule is CC=C[SiH](N1CCN(CC)CC1)N1CCN(CC)CC1. The summed E-state index contributed by atoms with van der Waals surface area (Å²) in [7, 11) is -1.04. The first kappa shape index (κ1) is 16.2. The van der Waals surface area contributed by atoms with Crippen molar-refractivity contribution in [2.45, 2.75) is 20.8 Å². The van der Waals surface area contributed by atoms with Gasteiger partial charge in [0.25, 0.3) is 0 Å². The maximum absolute atomic E-state index is 2.80. The molecule has 0 radical (unpaired) electrons. The van der Waals surface area contributed by atoms with Gasteiger partial charge in [0.2, 0.25) is 9.12 Å². The number of piperazine rings is 2. The molecule has 0 spiro atoms. The van der Waals surface area contributed by atoms with Crippen LogP contribution in [0.5, 0.6) is 0 Å². The Kier molecular flexibility index (Phi) is 6.70. The molecule has 0 aromatic rings. The van der Waals surface area contributed by atoms with Crippen molar-refractivity contribution in [3.63, 3.8) is 0 Å². The smallest absolute Gasteiger partial charge is 0.215 e. The molecule has 2 rings (SSSR count). The third-order valence-electron chi connectivity index (χ3n) is 4.82. The van der Waals surface area contributed by atoms with Gasteiger partial charge in [-0.05, 0) is 20.0 Å². The molecule has 0 bridgehead atoms. The van der Waals surface area contributed by atoms with Crippen LogP contribution >= 0.6 is 0 Å². The summed E-state index contributed by atoms with van der Waals surface area (Å²) in [5.74, 6) is 0. The van der Waals surface area contributed by atoms with Gasteiger partial charge in [-0.2, -0.15) is 0 Å². The molecular weight excluding hydrogens is 264 g/mol. The predicted molar refractivity (Wildman–Crippen MR) is 89.3 cm³/mol. The number of allylic oxidation sites excluding steroid dienone is 1. The molecule has 0 atom stereocenters. The molecule has 0 unspecified atom stereocenters. The Bertz CT molecular complexity index is 270. The molecule has 2 saturated heterocycles. The Morgan fingerprint density at radius 1 is 0.750 bits per heavy atom. The maximum Gasteiger partial charge on any atom is 0.215 e. The lowest BCUT2D eigenvalue weighted by atomic mass is 10.4. The fourth-order valence-corrected chi connectivity index (χ4v) is 6.15. The van der Waals surface area contributed by atoms with Crippen LogP contribution in [-0.4, -0.2) is 93.5 Å². The minimum absolute atomic E-state index is 1.04. The van der Waals surface area contributed by atoms with E-state index >= 15 is 0 Å². The molecule has 2 heterocycles. The summed E-state index contributed by atoms with van der Waals surface area (Å²) in [5.41, 5.74) is 2.53. The molecule has 2 aliphatic heterocycles. The summed E-state index contributed by atoms with van der Waals surface area (Å²) in [5, 5.41) is 0. The molecule has 2 aliphatic rings. The second-order valence-corrected chi connectivity index (χ2v) is 8.55. The lowest BCUT2D eigenvalue weighted by Gasteiger charge is -2.44. The van der Waals surface area contributed by atoms with Crippen LogP contribution in [0.3, 0.4) is 0 Å². The zero-order valence-electron chi connectivity index (χ0n) is 13.6. The first-order valence-electron chi connectivity index (χ1n) is 8.34. The minimum Gasteiger partial charge on any atom is -0.308 e. The van der Waals surface area contributed by atoms with Gasteiger partial charge in [0, 0.05) is 52.4 Å². The average Bonchev–Trinajstić information content (AvgIpc) is 2.53. The van der Waals surface area contributed by atoms with Gasteiger partial charge in [0.15, 0.2) is 0 Å². The van der Waals surface area contributed by atoms with E-state index in [4.69, 9.17) is 0 Å². The Balaban J connectivity index is 1.90. The third kappa shape index (κ3) is 4.15. The van der Waals surface area contributed by atoms with Gasteiger partial charge >= 0.3 is 0 Å². The van der Waals surface area contributed by atoms with Crippen LogP contribution < -0.4 is 0 Å². The normalized spacial score (nSPS) is 25.0. The van der Waals surface area contributed by atoms with Crippen molar-refractivity contribution in [1.29, 1.82) is 0 Å². The summed E-state index contributed by atoms with van der Waals surface area (Å²) in [4.78, 5) is 5.15. The second-order valence-electron chi connectivity index (χ2n) is 5.88. The van der Waals surface area contributed by atoms with E-state index in [0.717, 1.165) is 0 Å². The van der Waals surface area contributed by atoms with Crippen molar-refractivity contribution in [3.05, 3.63) is 11.8 Å². The summed E-state index contributed by atoms with van der Waals surface area (Å²) in [6, 6.07) is 0. The zero-order valence-corrected chi connectivity index (χ0v) is 14.7. The van der Waals surface area contributed by atoms with Crippen molar-refractivity contribution in [1.82, 2.24) is 18.9 Å². The van der Waals surface area contributed by atoms with E-state index in [-0.39, 0.29) is 0 Å². The molecule has 0 saturated carbocycles. The number of likely N-dealkylation sites (N-methyl/N-ethyl adjacent to an activating group) is 2. The quantitative estimate of drug-likeness (QED) is 0.689. The maximum atomic E-state index is 2.80. The Morgan fingerprint density at radius 2 is 1.15 bits per heavy atom. The standard InChI is InChI=1S/C15H32N4Si/c1-4-15-20(18-11-7-16(5-2)8-12-18)19-13-9-17(6-3)10-14-19/h4,15,20H,5-14H2,1-3H3. The van der Waals surface area contributed by atoms with E-state index in [1.807, 2.05) is 0 Å². The predicted octanol–water partition coefficient (Wildman–Crippen LogP) is 0.597. The average molecular weight is 297 g/mol. The highest BCUT2D eigenvalue weighted by Gasteiger charge is 2.29. The van der Waals surface area contributed by atoms with Gasteiger partial charge in [-0.25, -0.2) is 0 Å². The van der Waals surface area contributed by atoms with Gasteiger partial charge in [-0.1, -0.05) is 25.6 Å². The third-order valence-corrected chi connectivity index (χ3v) is 8.08. The first-order valence-corrected chi connectivity index (χ1v) is 10.0. The largest absolute Gasteiger partial charge is 0.308 e. The first-order chi connectivity index (χ1) is 9.78. The number of nitrogens with zero attached hydrogens (tertiary/aromatic N) is 4. The lowest BCUT2D eigenvalue weighted by Crippen LogP contribution is -2.61. The van der Waals surface area contributed by atoms with Gasteiger partial charge in [-0.3, -0.25) is 0 Å². The van der Waals surface area contributed by atoms with Gasteiger partial charge < -0.3 is 18.9 Å². The zero-order chi connectivity index (χ0) is 14.4. The van der Waals surface area contributed by atoms with E-state index in [1.54, 1.807) is 0 Å². The van der Waals surface area contributed by atoms with Crippen LogP contribution in [0.2, 0.25) is 0 Å². The molecule has 0 aromatic heterocycles. The van der Waals surface area contributed by atoms with Crippen LogP contribution in [0.1, 0.15) is 20.8 Å². The molecule has 4 nitrogen and oxygen atoms in total. The fraction of sp³-hybridized carbons (Fsp3) is 0.867. The summed E-state index contributed by atoms with van der Waals surface area (Å²) >= 11 is 0. The molecular formula is C15H32N4Si. The van der Waals surface area contributed by atoms with Crippen LogP contribution in [0.25, 0.3) is 0 Å². The van der Waals surface area contributed by atoms with E-state index in [9.17, 15) is 0 Å². The van der Waals surface area contributed by atoms with Crippen molar-refractivity contribution in [2.24, 2.45) is 0 Å². The highest BCUT2D eigenvalue weighted by molar-refractivity contribution is 6.58. The van der Waals surface area contributed by atoms with Crippen LogP contribution in [0, 0.1) is 0 Å². The monoisotopic (exact) mass is 296 g/mol. The molecule has 0 aliphatic carbocycles. The van der Waals surface area contributed by atoms with Crippen molar-refractivity contribution in [3.8, 4) is 0 Å². The highest BCUT2D eigenvalue weighted by Crippen LogP contribution is 2.11. The number of hydrogen-bond acceptors (Lipinski definition) is 4. The molecule has 20 heavy (non-hydrogen) atoms. The topological polar surface area (TPSA) is 13.0 Å². The molecule has 0 amide bonds. The van der Waals surface area contributed by atoms with E-state index < -0.39 is 9.12 Å². The Morgan fingerprint density at radius 3 is 1.45 bits per heavy atom. The highest BCUT2D eigenvalue weighted by atomic mass is 28.3. The van der Waals surface area contributed by atoms with E-state index in [2.05, 4.69) is 51.5 Å². The summed E-state index contributed by atoms with van der Waals surface area (Å²) in [6.07, 6.45) is 2.29. The van der Waals surface area contributed by atoms with Gasteiger partial charge in [-0.15, -0.1) is 0 Å². The minimum atomic E-state index is -1.04. The summed E-state index contributed by atoms with van der Waals surface area (Å²) < 4.78 is 5.60. The van der Waals surface area contributed by atoms with Gasteiger partial charge in [0.1, 0.15) is 0 Å². The fourth-order valence-electron chi connectivity index (χ4n) is 3.33. The molecule has 2 fully saturated rings. The molecule has 0 N–H and O–H groups in total. The molecule has 116 valence electrons. The van der Waals surface area contributed by atoms with Gasteiger partial charge in [0.05, 0.1) is 0 Å². The van der Waals surface area contributed by atoms with Crippen LogP contribution in [0.4, 0.5) is 0 Å². The van der Waals surface area contributed by atoms with Crippen molar-refractivity contribution in [2.75, 3.05) is 65.4 Å². The van der Waals surface area contributed by atoms with E-state index in [1.165, 1.54) is 65.4 Å². The molecule has 0 aromatic carbocycles. The Hall–Kier alpha value is -0.203.